The van der Waals surface area contributed by atoms with Crippen molar-refractivity contribution in [1.29, 1.82) is 0 Å². The molecule has 0 unspecified atom stereocenters. The number of nitrogens with zero attached hydrogens (tertiary/aromatic N) is 3. The van der Waals surface area contributed by atoms with E-state index in [0.717, 1.165) is 42.9 Å². The van der Waals surface area contributed by atoms with E-state index in [4.69, 9.17) is 28.1 Å². The van der Waals surface area contributed by atoms with Crippen LogP contribution in [0.3, 0.4) is 0 Å². The highest BCUT2D eigenvalue weighted by Gasteiger charge is 2.53. The maximum atomic E-state index is 13.8. The maximum Gasteiger partial charge on any atom is 0.310 e. The van der Waals surface area contributed by atoms with E-state index in [0.29, 0.717) is 41.8 Å². The molecule has 5 aliphatic rings. The number of carbonyl (C=O) groups excluding carboxylic acids is 3. The molecular formula is C38H50N4O9Si. The van der Waals surface area contributed by atoms with Crippen LogP contribution in [0, 0.1) is 11.8 Å². The van der Waals surface area contributed by atoms with Crippen LogP contribution in [0.2, 0.25) is 18.1 Å². The van der Waals surface area contributed by atoms with Crippen molar-refractivity contribution in [3.63, 3.8) is 0 Å². The highest BCUT2D eigenvalue weighted by Crippen LogP contribution is 2.56. The molecule has 2 saturated heterocycles. The summed E-state index contributed by atoms with van der Waals surface area (Å²) in [5.41, 5.74) is 2.62. The Kier molecular flexibility index (Phi) is 9.45. The Morgan fingerprint density at radius 1 is 0.885 bits per heavy atom. The average molecular weight is 735 g/mol. The lowest BCUT2D eigenvalue weighted by molar-refractivity contribution is -0.141. The minimum atomic E-state index is -2.30. The number of nitrogens with one attached hydrogen (secondary N) is 1. The van der Waals surface area contributed by atoms with Crippen molar-refractivity contribution in [3.05, 3.63) is 52.7 Å². The summed E-state index contributed by atoms with van der Waals surface area (Å²) in [4.78, 5) is 46.6. The van der Waals surface area contributed by atoms with Gasteiger partial charge in [0.25, 0.3) is 20.1 Å². The van der Waals surface area contributed by atoms with Crippen molar-refractivity contribution in [2.24, 2.45) is 11.8 Å². The number of hydrogen-bond donors (Lipinski definition) is 1. The highest BCUT2D eigenvalue weighted by molar-refractivity contribution is 6.74. The van der Waals surface area contributed by atoms with Crippen LogP contribution in [0.5, 0.6) is 28.7 Å². The summed E-state index contributed by atoms with van der Waals surface area (Å²) in [7, 11) is 2.99. The van der Waals surface area contributed by atoms with E-state index in [-0.39, 0.29) is 47.8 Å². The van der Waals surface area contributed by atoms with E-state index in [1.807, 2.05) is 24.3 Å². The largest absolute Gasteiger partial charge is 0.539 e. The first-order valence-electron chi connectivity index (χ1n) is 18.0. The predicted molar refractivity (Wildman–Crippen MR) is 194 cm³/mol. The van der Waals surface area contributed by atoms with Crippen LogP contribution in [0.1, 0.15) is 49.4 Å². The number of amides is 2. The van der Waals surface area contributed by atoms with Crippen molar-refractivity contribution in [2.45, 2.75) is 50.9 Å². The van der Waals surface area contributed by atoms with Gasteiger partial charge in [-0.3, -0.25) is 24.2 Å². The van der Waals surface area contributed by atoms with E-state index in [9.17, 15) is 14.4 Å². The Hall–Kier alpha value is -4.27. The molecule has 4 heterocycles. The number of piperazine rings is 1. The number of imide groups is 1. The predicted octanol–water partition coefficient (Wildman–Crippen LogP) is 3.88. The quantitative estimate of drug-likeness (QED) is 0.216. The number of benzene rings is 2. The molecule has 0 bridgehead atoms. The lowest BCUT2D eigenvalue weighted by Crippen LogP contribution is -2.48. The Bertz CT molecular complexity index is 1770. The SMILES string of the molecule is COc1cc([C@@H]2c3cc4c(cc3[C@@H](NC3=CC(=O)N(CCN5CCN(C)CC5)C3=O)[C@H]3COC(=O)[C@H]23)OCO4)cc(OC)c1O[Si](C)(C)C(C)(C)C. The first-order chi connectivity index (χ1) is 24.7. The van der Waals surface area contributed by atoms with Gasteiger partial charge in [-0.25, -0.2) is 0 Å². The highest BCUT2D eigenvalue weighted by atomic mass is 28.4. The van der Waals surface area contributed by atoms with Gasteiger partial charge in [-0.1, -0.05) is 20.8 Å². The number of fused-ring (bicyclic) bond motifs is 3. The first-order valence-corrected chi connectivity index (χ1v) is 20.9. The number of esters is 1. The zero-order valence-corrected chi connectivity index (χ0v) is 32.4. The van der Waals surface area contributed by atoms with Crippen LogP contribution in [-0.4, -0.2) is 115 Å². The van der Waals surface area contributed by atoms with Gasteiger partial charge in [0.2, 0.25) is 6.79 Å². The van der Waals surface area contributed by atoms with E-state index in [2.05, 4.69) is 56.0 Å². The molecule has 1 N–H and O–H groups in total. The molecule has 0 radical (unpaired) electrons. The minimum Gasteiger partial charge on any atom is -0.539 e. The number of rotatable bonds is 10. The van der Waals surface area contributed by atoms with Gasteiger partial charge in [0.15, 0.2) is 28.7 Å². The molecular weight excluding hydrogens is 685 g/mol. The number of cyclic esters (lactones) is 1. The van der Waals surface area contributed by atoms with Gasteiger partial charge >= 0.3 is 5.97 Å². The number of ether oxygens (including phenoxy) is 5. The zero-order valence-electron chi connectivity index (χ0n) is 31.4. The van der Waals surface area contributed by atoms with Gasteiger partial charge in [0, 0.05) is 57.2 Å². The lowest BCUT2D eigenvalue weighted by Gasteiger charge is -2.40. The fourth-order valence-corrected chi connectivity index (χ4v) is 8.66. The fraction of sp³-hybridized carbons (Fsp3) is 0.553. The molecule has 0 spiro atoms. The maximum absolute atomic E-state index is 13.8. The molecule has 0 saturated carbocycles. The molecule has 7 rings (SSSR count). The van der Waals surface area contributed by atoms with E-state index < -0.39 is 26.2 Å². The van der Waals surface area contributed by atoms with Gasteiger partial charge in [-0.2, -0.15) is 0 Å². The summed E-state index contributed by atoms with van der Waals surface area (Å²) in [5.74, 6) is 0.0882. The molecule has 1 aliphatic carbocycles. The van der Waals surface area contributed by atoms with Gasteiger partial charge < -0.3 is 38.3 Å². The molecule has 280 valence electrons. The van der Waals surface area contributed by atoms with Gasteiger partial charge in [0.1, 0.15) is 5.70 Å². The Morgan fingerprint density at radius 2 is 1.52 bits per heavy atom. The second-order valence-corrected chi connectivity index (χ2v) is 20.6. The molecule has 2 fully saturated rings. The van der Waals surface area contributed by atoms with Crippen molar-refractivity contribution < 1.29 is 42.5 Å². The van der Waals surface area contributed by atoms with E-state index >= 15 is 0 Å². The number of carbonyl (C=O) groups is 3. The molecule has 13 nitrogen and oxygen atoms in total. The monoisotopic (exact) mass is 734 g/mol. The first kappa shape index (κ1) is 36.1. The Labute approximate surface area is 306 Å². The molecule has 4 atom stereocenters. The summed E-state index contributed by atoms with van der Waals surface area (Å²) < 4.78 is 36.1. The second-order valence-electron chi connectivity index (χ2n) is 15.9. The lowest BCUT2D eigenvalue weighted by atomic mass is 9.65. The Morgan fingerprint density at radius 3 is 2.13 bits per heavy atom. The van der Waals surface area contributed by atoms with Crippen molar-refractivity contribution in [3.8, 4) is 28.7 Å². The van der Waals surface area contributed by atoms with Crippen LogP contribution in [-0.2, 0) is 19.1 Å². The number of likely N-dealkylation sites (N-methyl/N-ethyl adjacent to an activating group) is 1. The van der Waals surface area contributed by atoms with Crippen LogP contribution in [0.25, 0.3) is 0 Å². The molecule has 52 heavy (non-hydrogen) atoms. The smallest absolute Gasteiger partial charge is 0.310 e. The van der Waals surface area contributed by atoms with Crippen LogP contribution < -0.4 is 28.7 Å². The van der Waals surface area contributed by atoms with Crippen molar-refractivity contribution in [1.82, 2.24) is 20.0 Å². The third-order valence-electron chi connectivity index (χ3n) is 11.7. The zero-order chi connectivity index (χ0) is 37.1. The van der Waals surface area contributed by atoms with Crippen LogP contribution in [0.15, 0.2) is 36.0 Å². The second kappa shape index (κ2) is 13.6. The van der Waals surface area contributed by atoms with Gasteiger partial charge in [-0.15, -0.1) is 0 Å². The standard InChI is InChI=1S/C38H50N4O9Si/c1-38(2,3)52(7,8)51-35-29(46-5)15-22(16-30(35)47-6)32-23-17-27-28(50-21-49-27)18-24(23)34(25-20-48-37(45)33(25)32)39-26-19-31(43)42(36(26)44)14-13-41-11-9-40(4)10-12-41/h15-19,25,32-34,39H,9-14,20-21H2,1-8H3/t25-,32+,33-,34+/m0/s1. The summed E-state index contributed by atoms with van der Waals surface area (Å²) >= 11 is 0. The number of methoxy groups -OCH3 is 2. The summed E-state index contributed by atoms with van der Waals surface area (Å²) in [6.07, 6.45) is 1.37. The van der Waals surface area contributed by atoms with Gasteiger partial charge in [0.05, 0.1) is 32.8 Å². The van der Waals surface area contributed by atoms with Crippen molar-refractivity contribution in [2.75, 3.05) is 73.9 Å². The average Bonchev–Trinajstić information content (AvgIpc) is 3.80. The summed E-state index contributed by atoms with van der Waals surface area (Å²) in [5, 5.41) is 3.34. The topological polar surface area (TPSA) is 128 Å². The molecule has 2 aromatic rings. The third-order valence-corrected chi connectivity index (χ3v) is 16.1. The van der Waals surface area contributed by atoms with E-state index in [1.165, 1.54) is 11.0 Å². The number of hydrogen-bond acceptors (Lipinski definition) is 12. The molecule has 2 aromatic carbocycles. The van der Waals surface area contributed by atoms with E-state index in [1.54, 1.807) is 14.2 Å². The normalized spacial score (nSPS) is 24.7. The fourth-order valence-electron chi connectivity index (χ4n) is 7.64. The summed E-state index contributed by atoms with van der Waals surface area (Å²) in [6, 6.07) is 7.12. The minimum absolute atomic E-state index is 0.0669. The molecule has 2 amide bonds. The van der Waals surface area contributed by atoms with Crippen molar-refractivity contribution >= 4 is 26.1 Å². The van der Waals surface area contributed by atoms with Gasteiger partial charge in [-0.05, 0) is 66.1 Å². The Balaban J connectivity index is 1.24. The summed E-state index contributed by atoms with van der Waals surface area (Å²) in [6.45, 7) is 15.6. The van der Waals surface area contributed by atoms with Crippen LogP contribution >= 0.6 is 0 Å². The third kappa shape index (κ3) is 6.38. The van der Waals surface area contributed by atoms with Crippen LogP contribution in [0.4, 0.5) is 0 Å². The molecule has 4 aliphatic heterocycles. The molecule has 0 aromatic heterocycles. The molecule has 14 heteroatoms.